The molecule has 0 saturated heterocycles. The van der Waals surface area contributed by atoms with Gasteiger partial charge >= 0.3 is 11.9 Å². The van der Waals surface area contributed by atoms with Gasteiger partial charge in [-0.3, -0.25) is 10.1 Å². The van der Waals surface area contributed by atoms with Crippen molar-refractivity contribution >= 4 is 17.6 Å². The molecular weight excluding hydrogens is 304 g/mol. The summed E-state index contributed by atoms with van der Waals surface area (Å²) in [6.07, 6.45) is 0. The van der Waals surface area contributed by atoms with Crippen molar-refractivity contribution in [1.82, 2.24) is 4.98 Å². The molecule has 1 heterocycles. The standard InChI is InChI=1S/C15H12N2O6/c1-7-11(9-4-3-5-10(6-9)17(22)23)12(14(18)19)8(2)16-13(7)15(20)21/h3-6H,1-2H3,(H,18,19)(H,20,21). The molecule has 0 fully saturated rings. The van der Waals surface area contributed by atoms with Crippen LogP contribution in [0.25, 0.3) is 11.1 Å². The molecule has 0 saturated carbocycles. The molecule has 2 N–H and O–H groups in total. The summed E-state index contributed by atoms with van der Waals surface area (Å²) < 4.78 is 0. The lowest BCUT2D eigenvalue weighted by Crippen LogP contribution is -2.13. The highest BCUT2D eigenvalue weighted by Gasteiger charge is 2.24. The van der Waals surface area contributed by atoms with Gasteiger partial charge in [-0.05, 0) is 25.0 Å². The fourth-order valence-corrected chi connectivity index (χ4v) is 2.40. The van der Waals surface area contributed by atoms with Gasteiger partial charge in [0.25, 0.3) is 5.69 Å². The molecule has 0 radical (unpaired) electrons. The zero-order chi connectivity index (χ0) is 17.3. The molecule has 0 atom stereocenters. The molecule has 0 aliphatic rings. The van der Waals surface area contributed by atoms with Crippen LogP contribution in [-0.2, 0) is 0 Å². The molecule has 0 amide bonds. The maximum absolute atomic E-state index is 11.5. The second kappa shape index (κ2) is 5.84. The summed E-state index contributed by atoms with van der Waals surface area (Å²) in [6, 6.07) is 5.38. The van der Waals surface area contributed by atoms with Crippen molar-refractivity contribution in [2.45, 2.75) is 13.8 Å². The minimum absolute atomic E-state index is 0.0296. The molecule has 8 nitrogen and oxygen atoms in total. The van der Waals surface area contributed by atoms with Crippen LogP contribution in [0.1, 0.15) is 32.1 Å². The van der Waals surface area contributed by atoms with Crippen molar-refractivity contribution < 1.29 is 24.7 Å². The van der Waals surface area contributed by atoms with E-state index in [1.807, 2.05) is 0 Å². The molecule has 0 unspecified atom stereocenters. The number of aromatic nitrogens is 1. The summed E-state index contributed by atoms with van der Waals surface area (Å²) in [7, 11) is 0. The van der Waals surface area contributed by atoms with Crippen LogP contribution in [0, 0.1) is 24.0 Å². The highest BCUT2D eigenvalue weighted by molar-refractivity contribution is 6.01. The Morgan fingerprint density at radius 2 is 1.83 bits per heavy atom. The van der Waals surface area contributed by atoms with Gasteiger partial charge < -0.3 is 10.2 Å². The Hall–Kier alpha value is -3.29. The second-order valence-corrected chi connectivity index (χ2v) is 4.84. The molecular formula is C15H12N2O6. The smallest absolute Gasteiger partial charge is 0.354 e. The number of carboxylic acids is 2. The van der Waals surface area contributed by atoms with Crippen molar-refractivity contribution in [2.75, 3.05) is 0 Å². The average molecular weight is 316 g/mol. The van der Waals surface area contributed by atoms with E-state index in [0.717, 1.165) is 0 Å². The molecule has 1 aromatic carbocycles. The first-order valence-electron chi connectivity index (χ1n) is 6.46. The molecule has 0 bridgehead atoms. The van der Waals surface area contributed by atoms with Crippen LogP contribution in [0.3, 0.4) is 0 Å². The predicted molar refractivity (Wildman–Crippen MR) is 79.7 cm³/mol. The van der Waals surface area contributed by atoms with E-state index in [9.17, 15) is 29.9 Å². The number of pyridine rings is 1. The molecule has 2 aromatic rings. The number of non-ortho nitro benzene ring substituents is 1. The quantitative estimate of drug-likeness (QED) is 0.654. The molecule has 8 heteroatoms. The number of nitro benzene ring substituents is 1. The highest BCUT2D eigenvalue weighted by Crippen LogP contribution is 2.32. The van der Waals surface area contributed by atoms with Gasteiger partial charge in [-0.1, -0.05) is 12.1 Å². The Bertz CT molecular complexity index is 844. The zero-order valence-electron chi connectivity index (χ0n) is 12.2. The minimum atomic E-state index is -1.30. The van der Waals surface area contributed by atoms with Crippen LogP contribution in [0.4, 0.5) is 5.69 Å². The first kappa shape index (κ1) is 16.1. The number of carboxylic acid groups (broad SMARTS) is 2. The summed E-state index contributed by atoms with van der Waals surface area (Å²) in [6.45, 7) is 2.81. The molecule has 0 spiro atoms. The van der Waals surface area contributed by atoms with Gasteiger partial charge in [-0.2, -0.15) is 0 Å². The SMILES string of the molecule is Cc1nc(C(=O)O)c(C)c(-c2cccc([N+](=O)[O-])c2)c1C(=O)O. The number of nitrogens with zero attached hydrogens (tertiary/aromatic N) is 2. The van der Waals surface area contributed by atoms with Gasteiger partial charge in [0.1, 0.15) is 0 Å². The van der Waals surface area contributed by atoms with E-state index >= 15 is 0 Å². The molecule has 118 valence electrons. The summed E-state index contributed by atoms with van der Waals surface area (Å²) in [5.41, 5.74) is -0.136. The average Bonchev–Trinajstić information content (AvgIpc) is 2.48. The van der Waals surface area contributed by atoms with E-state index in [4.69, 9.17) is 0 Å². The third-order valence-electron chi connectivity index (χ3n) is 3.38. The van der Waals surface area contributed by atoms with Gasteiger partial charge in [0.05, 0.1) is 16.2 Å². The monoisotopic (exact) mass is 316 g/mol. The Balaban J connectivity index is 2.88. The summed E-state index contributed by atoms with van der Waals surface area (Å²) in [4.78, 5) is 37.0. The van der Waals surface area contributed by atoms with Crippen LogP contribution in [0.15, 0.2) is 24.3 Å². The number of hydrogen-bond donors (Lipinski definition) is 2. The third-order valence-corrected chi connectivity index (χ3v) is 3.38. The first-order chi connectivity index (χ1) is 10.7. The van der Waals surface area contributed by atoms with Crippen LogP contribution in [-0.4, -0.2) is 32.1 Å². The largest absolute Gasteiger partial charge is 0.478 e. The minimum Gasteiger partial charge on any atom is -0.478 e. The Labute approximate surface area is 130 Å². The van der Waals surface area contributed by atoms with E-state index in [-0.39, 0.29) is 39.3 Å². The molecule has 2 rings (SSSR count). The fourth-order valence-electron chi connectivity index (χ4n) is 2.40. The van der Waals surface area contributed by atoms with Gasteiger partial charge in [0.2, 0.25) is 0 Å². The first-order valence-corrected chi connectivity index (χ1v) is 6.46. The van der Waals surface area contributed by atoms with Crippen molar-refractivity contribution in [3.05, 3.63) is 56.9 Å². The van der Waals surface area contributed by atoms with Crippen molar-refractivity contribution in [1.29, 1.82) is 0 Å². The Morgan fingerprint density at radius 3 is 2.35 bits per heavy atom. The maximum atomic E-state index is 11.5. The van der Waals surface area contributed by atoms with Crippen molar-refractivity contribution in [3.8, 4) is 11.1 Å². The summed E-state index contributed by atoms with van der Waals surface area (Å²) in [5, 5.41) is 29.5. The number of nitro groups is 1. The van der Waals surface area contributed by atoms with E-state index in [2.05, 4.69) is 4.98 Å². The number of hydrogen-bond acceptors (Lipinski definition) is 5. The molecule has 23 heavy (non-hydrogen) atoms. The summed E-state index contributed by atoms with van der Waals surface area (Å²) in [5.74, 6) is -2.58. The molecule has 0 aliphatic heterocycles. The van der Waals surface area contributed by atoms with Crippen molar-refractivity contribution in [2.24, 2.45) is 0 Å². The fraction of sp³-hybridized carbons (Fsp3) is 0.133. The van der Waals surface area contributed by atoms with Crippen LogP contribution >= 0.6 is 0 Å². The van der Waals surface area contributed by atoms with Crippen LogP contribution < -0.4 is 0 Å². The van der Waals surface area contributed by atoms with Crippen LogP contribution in [0.2, 0.25) is 0 Å². The van der Waals surface area contributed by atoms with Crippen LogP contribution in [0.5, 0.6) is 0 Å². The van der Waals surface area contributed by atoms with Gasteiger partial charge in [-0.25, -0.2) is 14.6 Å². The second-order valence-electron chi connectivity index (χ2n) is 4.84. The lowest BCUT2D eigenvalue weighted by Gasteiger charge is -2.14. The normalized spacial score (nSPS) is 10.3. The van der Waals surface area contributed by atoms with E-state index in [1.54, 1.807) is 0 Å². The maximum Gasteiger partial charge on any atom is 0.354 e. The van der Waals surface area contributed by atoms with Gasteiger partial charge in [-0.15, -0.1) is 0 Å². The zero-order valence-corrected chi connectivity index (χ0v) is 12.2. The Kier molecular flexibility index (Phi) is 4.08. The number of aromatic carboxylic acids is 2. The molecule has 1 aromatic heterocycles. The summed E-state index contributed by atoms with van der Waals surface area (Å²) >= 11 is 0. The number of rotatable bonds is 4. The van der Waals surface area contributed by atoms with E-state index in [0.29, 0.717) is 0 Å². The van der Waals surface area contributed by atoms with Crippen molar-refractivity contribution in [3.63, 3.8) is 0 Å². The number of carbonyl (C=O) groups is 2. The van der Waals surface area contributed by atoms with Gasteiger partial charge in [0, 0.05) is 17.7 Å². The van der Waals surface area contributed by atoms with E-state index in [1.165, 1.54) is 38.1 Å². The van der Waals surface area contributed by atoms with E-state index < -0.39 is 16.9 Å². The van der Waals surface area contributed by atoms with Gasteiger partial charge in [0.15, 0.2) is 5.69 Å². The predicted octanol–water partition coefficient (Wildman–Crippen LogP) is 2.67. The number of aryl methyl sites for hydroxylation is 1. The molecule has 0 aliphatic carbocycles. The third kappa shape index (κ3) is 2.86. The highest BCUT2D eigenvalue weighted by atomic mass is 16.6. The lowest BCUT2D eigenvalue weighted by molar-refractivity contribution is -0.384. The topological polar surface area (TPSA) is 131 Å². The lowest BCUT2D eigenvalue weighted by atomic mass is 9.93. The Morgan fingerprint density at radius 1 is 1.17 bits per heavy atom. The number of benzene rings is 1.